The molecule has 104 valence electrons. The van der Waals surface area contributed by atoms with Crippen LogP contribution in [0.2, 0.25) is 0 Å². The predicted molar refractivity (Wildman–Crippen MR) is 87.5 cm³/mol. The topological polar surface area (TPSA) is 44.5 Å². The Morgan fingerprint density at radius 3 is 2.25 bits per heavy atom. The van der Waals surface area contributed by atoms with E-state index in [-0.39, 0.29) is 0 Å². The lowest BCUT2D eigenvalue weighted by molar-refractivity contribution is 0.217. The number of ether oxygens (including phenoxy) is 2. The molecule has 0 radical (unpaired) electrons. The van der Waals surface area contributed by atoms with Gasteiger partial charge in [-0.1, -0.05) is 30.4 Å². The fourth-order valence-electron chi connectivity index (χ4n) is 1.62. The molecule has 3 nitrogen and oxygen atoms in total. The highest BCUT2D eigenvalue weighted by Crippen LogP contribution is 2.23. The lowest BCUT2D eigenvalue weighted by atomic mass is 10.2. The summed E-state index contributed by atoms with van der Waals surface area (Å²) in [6.07, 6.45) is 0. The number of thiocarbonyl (C=S) groups is 1. The quantitative estimate of drug-likeness (QED) is 0.638. The van der Waals surface area contributed by atoms with Gasteiger partial charge in [0, 0.05) is 10.0 Å². The maximum absolute atomic E-state index is 5.60. The van der Waals surface area contributed by atoms with Crippen LogP contribution in [0, 0.1) is 0 Å². The Balaban J connectivity index is 1.83. The summed E-state index contributed by atoms with van der Waals surface area (Å²) in [5, 5.41) is 0. The molecule has 0 atom stereocenters. The van der Waals surface area contributed by atoms with E-state index in [2.05, 4.69) is 15.9 Å². The lowest BCUT2D eigenvalue weighted by Gasteiger charge is -2.10. The van der Waals surface area contributed by atoms with Gasteiger partial charge in [-0.05, 0) is 46.3 Å². The summed E-state index contributed by atoms with van der Waals surface area (Å²) in [5.41, 5.74) is 6.39. The van der Waals surface area contributed by atoms with Crippen molar-refractivity contribution in [1.82, 2.24) is 0 Å². The van der Waals surface area contributed by atoms with Crippen LogP contribution in [0.15, 0.2) is 53.0 Å². The molecule has 0 aromatic heterocycles. The van der Waals surface area contributed by atoms with Crippen LogP contribution >= 0.6 is 28.1 Å². The molecule has 0 spiro atoms. The molecule has 2 aromatic carbocycles. The Morgan fingerprint density at radius 1 is 1.00 bits per heavy atom. The van der Waals surface area contributed by atoms with Gasteiger partial charge in [0.1, 0.15) is 29.7 Å². The molecule has 0 amide bonds. The van der Waals surface area contributed by atoms with Crippen LogP contribution in [-0.2, 0) is 0 Å². The molecule has 2 aromatic rings. The molecule has 5 heteroatoms. The van der Waals surface area contributed by atoms with E-state index < -0.39 is 0 Å². The van der Waals surface area contributed by atoms with Gasteiger partial charge in [-0.15, -0.1) is 0 Å². The highest BCUT2D eigenvalue weighted by molar-refractivity contribution is 9.10. The normalized spacial score (nSPS) is 10.1. The van der Waals surface area contributed by atoms with Crippen LogP contribution in [0.3, 0.4) is 0 Å². The smallest absolute Gasteiger partial charge is 0.122 e. The van der Waals surface area contributed by atoms with Crippen LogP contribution in [0.5, 0.6) is 11.5 Å². The molecule has 0 unspecified atom stereocenters. The van der Waals surface area contributed by atoms with Gasteiger partial charge in [-0.25, -0.2) is 0 Å². The van der Waals surface area contributed by atoms with E-state index in [4.69, 9.17) is 27.4 Å². The zero-order chi connectivity index (χ0) is 14.4. The summed E-state index contributed by atoms with van der Waals surface area (Å²) in [7, 11) is 0. The van der Waals surface area contributed by atoms with Crippen molar-refractivity contribution in [1.29, 1.82) is 0 Å². The van der Waals surface area contributed by atoms with Crippen LogP contribution in [-0.4, -0.2) is 18.2 Å². The van der Waals surface area contributed by atoms with E-state index in [9.17, 15) is 0 Å². The molecule has 0 aliphatic heterocycles. The van der Waals surface area contributed by atoms with Crippen LogP contribution < -0.4 is 15.2 Å². The second kappa shape index (κ2) is 7.26. The van der Waals surface area contributed by atoms with E-state index in [1.54, 1.807) is 0 Å². The third-order valence-corrected chi connectivity index (χ3v) is 3.45. The maximum atomic E-state index is 5.60. The minimum absolute atomic E-state index is 0.357. The van der Waals surface area contributed by atoms with Gasteiger partial charge in [-0.3, -0.25) is 0 Å². The van der Waals surface area contributed by atoms with E-state index in [1.807, 2.05) is 48.5 Å². The minimum Gasteiger partial charge on any atom is -0.490 e. The first-order chi connectivity index (χ1) is 9.66. The van der Waals surface area contributed by atoms with Crippen molar-refractivity contribution in [2.24, 2.45) is 5.73 Å². The fourth-order valence-corrected chi connectivity index (χ4v) is 2.50. The van der Waals surface area contributed by atoms with Crippen LogP contribution in [0.4, 0.5) is 0 Å². The summed E-state index contributed by atoms with van der Waals surface area (Å²) in [5.74, 6) is 1.58. The van der Waals surface area contributed by atoms with Crippen molar-refractivity contribution < 1.29 is 9.47 Å². The summed E-state index contributed by atoms with van der Waals surface area (Å²) in [4.78, 5) is 0.357. The Hall–Kier alpha value is -1.59. The van der Waals surface area contributed by atoms with Crippen molar-refractivity contribution in [2.45, 2.75) is 0 Å². The number of benzene rings is 2. The van der Waals surface area contributed by atoms with E-state index >= 15 is 0 Å². The largest absolute Gasteiger partial charge is 0.490 e. The summed E-state index contributed by atoms with van der Waals surface area (Å²) < 4.78 is 12.0. The standard InChI is InChI=1S/C15H14BrNO2S/c16-14-10-12(6-7-13(14)15(17)20)19-9-8-18-11-4-2-1-3-5-11/h1-7,10H,8-9H2,(H2,17,20). The van der Waals surface area contributed by atoms with Gasteiger partial charge in [0.15, 0.2) is 0 Å². The first kappa shape index (κ1) is 14.8. The lowest BCUT2D eigenvalue weighted by Crippen LogP contribution is -2.11. The molecule has 0 aliphatic rings. The zero-order valence-corrected chi connectivity index (χ0v) is 13.1. The maximum Gasteiger partial charge on any atom is 0.122 e. The van der Waals surface area contributed by atoms with Gasteiger partial charge >= 0.3 is 0 Å². The predicted octanol–water partition coefficient (Wildman–Crippen LogP) is 3.54. The van der Waals surface area contributed by atoms with Gasteiger partial charge in [-0.2, -0.15) is 0 Å². The average molecular weight is 352 g/mol. The summed E-state index contributed by atoms with van der Waals surface area (Å²) >= 11 is 8.35. The fraction of sp³-hybridized carbons (Fsp3) is 0.133. The number of nitrogens with two attached hydrogens (primary N) is 1. The molecular formula is C15H14BrNO2S. The number of para-hydroxylation sites is 1. The molecule has 20 heavy (non-hydrogen) atoms. The molecule has 0 saturated carbocycles. The highest BCUT2D eigenvalue weighted by Gasteiger charge is 2.04. The second-order valence-electron chi connectivity index (χ2n) is 4.02. The van der Waals surface area contributed by atoms with Crippen molar-refractivity contribution >= 4 is 33.1 Å². The van der Waals surface area contributed by atoms with Gasteiger partial charge in [0.25, 0.3) is 0 Å². The monoisotopic (exact) mass is 351 g/mol. The van der Waals surface area contributed by atoms with Crippen molar-refractivity contribution in [3.8, 4) is 11.5 Å². The number of rotatable bonds is 6. The first-order valence-electron chi connectivity index (χ1n) is 6.07. The van der Waals surface area contributed by atoms with Gasteiger partial charge in [0.2, 0.25) is 0 Å². The SMILES string of the molecule is NC(=S)c1ccc(OCCOc2ccccc2)cc1Br. The zero-order valence-electron chi connectivity index (χ0n) is 10.7. The number of hydrogen-bond acceptors (Lipinski definition) is 3. The van der Waals surface area contributed by atoms with Crippen LogP contribution in [0.25, 0.3) is 0 Å². The molecule has 2 rings (SSSR count). The minimum atomic E-state index is 0.357. The summed E-state index contributed by atoms with van der Waals surface area (Å²) in [6, 6.07) is 15.1. The molecule has 2 N–H and O–H groups in total. The molecule has 0 bridgehead atoms. The van der Waals surface area contributed by atoms with Gasteiger partial charge < -0.3 is 15.2 Å². The van der Waals surface area contributed by atoms with E-state index in [0.29, 0.717) is 18.2 Å². The van der Waals surface area contributed by atoms with E-state index in [1.165, 1.54) is 0 Å². The Labute approximate surface area is 131 Å². The first-order valence-corrected chi connectivity index (χ1v) is 7.27. The molecular weight excluding hydrogens is 338 g/mol. The molecule has 0 heterocycles. The van der Waals surface area contributed by atoms with Crippen molar-refractivity contribution in [3.05, 3.63) is 58.6 Å². The summed E-state index contributed by atoms with van der Waals surface area (Å²) in [6.45, 7) is 0.951. The number of hydrogen-bond donors (Lipinski definition) is 1. The highest BCUT2D eigenvalue weighted by atomic mass is 79.9. The Morgan fingerprint density at radius 2 is 1.65 bits per heavy atom. The Kier molecular flexibility index (Phi) is 5.38. The molecule has 0 fully saturated rings. The van der Waals surface area contributed by atoms with Crippen molar-refractivity contribution in [3.63, 3.8) is 0 Å². The van der Waals surface area contributed by atoms with Crippen LogP contribution in [0.1, 0.15) is 5.56 Å². The molecule has 0 aliphatic carbocycles. The Bertz CT molecular complexity index is 590. The third-order valence-electron chi connectivity index (χ3n) is 2.57. The third kappa shape index (κ3) is 4.21. The molecule has 0 saturated heterocycles. The second-order valence-corrected chi connectivity index (χ2v) is 5.31. The average Bonchev–Trinajstić information content (AvgIpc) is 2.44. The number of halogens is 1. The van der Waals surface area contributed by atoms with E-state index in [0.717, 1.165) is 21.5 Å². The van der Waals surface area contributed by atoms with Gasteiger partial charge in [0.05, 0.1) is 0 Å². The van der Waals surface area contributed by atoms with Crippen molar-refractivity contribution in [2.75, 3.05) is 13.2 Å².